The summed E-state index contributed by atoms with van der Waals surface area (Å²) in [5.41, 5.74) is 3.43. The van der Waals surface area contributed by atoms with E-state index in [0.29, 0.717) is 20.4 Å². The van der Waals surface area contributed by atoms with E-state index in [-0.39, 0.29) is 16.8 Å². The van der Waals surface area contributed by atoms with Crippen LogP contribution < -0.4 is 11.1 Å². The molecule has 0 bridgehead atoms. The molecule has 0 radical (unpaired) electrons. The fourth-order valence-electron chi connectivity index (χ4n) is 2.58. The van der Waals surface area contributed by atoms with Crippen LogP contribution in [0.3, 0.4) is 0 Å². The molecule has 0 spiro atoms. The standard InChI is InChI=1S/C19H11ClN4O4S/c20-15-4-2-1-3-11(15)9-22-23-19-21-10-17(29-19)14-8-12-7-13(24(26)27)5-6-16(12)28-18(14)25/h1-10H,(H,21,23). The second-order valence-electron chi connectivity index (χ2n) is 5.85. The van der Waals surface area contributed by atoms with E-state index >= 15 is 0 Å². The zero-order valence-corrected chi connectivity index (χ0v) is 16.1. The van der Waals surface area contributed by atoms with Crippen LogP contribution >= 0.6 is 22.9 Å². The highest BCUT2D eigenvalue weighted by Crippen LogP contribution is 2.30. The number of hydrazone groups is 1. The van der Waals surface area contributed by atoms with E-state index in [1.54, 1.807) is 18.3 Å². The molecule has 0 fully saturated rings. The molecule has 0 aliphatic heterocycles. The van der Waals surface area contributed by atoms with Crippen LogP contribution in [0.15, 0.2) is 69.0 Å². The number of rotatable bonds is 5. The molecule has 144 valence electrons. The first-order valence-electron chi connectivity index (χ1n) is 8.23. The summed E-state index contributed by atoms with van der Waals surface area (Å²) in [4.78, 5) is 27.5. The van der Waals surface area contributed by atoms with Crippen LogP contribution in [0.5, 0.6) is 0 Å². The molecule has 4 rings (SSSR count). The second kappa shape index (κ2) is 7.82. The molecule has 0 saturated carbocycles. The third-order valence-corrected chi connectivity index (χ3v) is 5.25. The van der Waals surface area contributed by atoms with Crippen LogP contribution in [0.25, 0.3) is 21.4 Å². The van der Waals surface area contributed by atoms with Crippen molar-refractivity contribution in [1.29, 1.82) is 0 Å². The molecule has 2 aromatic carbocycles. The number of hydrogen-bond donors (Lipinski definition) is 1. The number of nitrogens with zero attached hydrogens (tertiary/aromatic N) is 3. The van der Waals surface area contributed by atoms with E-state index in [1.807, 2.05) is 18.2 Å². The fraction of sp³-hybridized carbons (Fsp3) is 0. The first-order valence-corrected chi connectivity index (χ1v) is 9.43. The van der Waals surface area contributed by atoms with Crippen molar-refractivity contribution in [1.82, 2.24) is 4.98 Å². The number of nitro groups is 1. The van der Waals surface area contributed by atoms with Crippen LogP contribution in [0, 0.1) is 10.1 Å². The molecular formula is C19H11ClN4O4S. The number of anilines is 1. The zero-order chi connectivity index (χ0) is 20.4. The van der Waals surface area contributed by atoms with E-state index in [0.717, 1.165) is 5.56 Å². The van der Waals surface area contributed by atoms with E-state index in [2.05, 4.69) is 15.5 Å². The normalized spacial score (nSPS) is 11.2. The summed E-state index contributed by atoms with van der Waals surface area (Å²) in [6.45, 7) is 0. The van der Waals surface area contributed by atoms with Gasteiger partial charge in [0.15, 0.2) is 0 Å². The van der Waals surface area contributed by atoms with E-state index in [9.17, 15) is 14.9 Å². The first-order chi connectivity index (χ1) is 14.0. The van der Waals surface area contributed by atoms with Crippen LogP contribution in [-0.4, -0.2) is 16.1 Å². The second-order valence-corrected chi connectivity index (χ2v) is 7.29. The average molecular weight is 427 g/mol. The molecule has 2 aromatic heterocycles. The summed E-state index contributed by atoms with van der Waals surface area (Å²) >= 11 is 7.26. The van der Waals surface area contributed by atoms with Gasteiger partial charge < -0.3 is 4.42 Å². The van der Waals surface area contributed by atoms with Gasteiger partial charge in [0.1, 0.15) is 5.58 Å². The SMILES string of the molecule is O=c1oc2ccc([N+](=O)[O-])cc2cc1-c1cnc(NN=Cc2ccccc2Cl)s1. The Hall–Kier alpha value is -3.56. The van der Waals surface area contributed by atoms with Crippen molar-refractivity contribution >= 4 is 50.9 Å². The maximum atomic E-state index is 12.3. The Morgan fingerprint density at radius 1 is 1.24 bits per heavy atom. The number of benzene rings is 2. The van der Waals surface area contributed by atoms with E-state index in [1.165, 1.54) is 35.7 Å². The molecule has 0 saturated heterocycles. The number of non-ortho nitro benzene ring substituents is 1. The van der Waals surface area contributed by atoms with Gasteiger partial charge in [-0.15, -0.1) is 0 Å². The van der Waals surface area contributed by atoms with Gasteiger partial charge in [-0.25, -0.2) is 9.78 Å². The topological polar surface area (TPSA) is 111 Å². The maximum Gasteiger partial charge on any atom is 0.345 e. The maximum absolute atomic E-state index is 12.3. The van der Waals surface area contributed by atoms with Gasteiger partial charge in [-0.1, -0.05) is 41.1 Å². The van der Waals surface area contributed by atoms with Crippen LogP contribution in [0.1, 0.15) is 5.56 Å². The van der Waals surface area contributed by atoms with Crippen molar-refractivity contribution in [3.8, 4) is 10.4 Å². The van der Waals surface area contributed by atoms with Crippen molar-refractivity contribution in [2.75, 3.05) is 5.43 Å². The van der Waals surface area contributed by atoms with Crippen molar-refractivity contribution in [3.63, 3.8) is 0 Å². The summed E-state index contributed by atoms with van der Waals surface area (Å²) < 4.78 is 5.28. The average Bonchev–Trinajstić information content (AvgIpc) is 3.17. The van der Waals surface area contributed by atoms with Gasteiger partial charge >= 0.3 is 5.63 Å². The molecule has 0 aliphatic rings. The summed E-state index contributed by atoms with van der Waals surface area (Å²) in [6, 6.07) is 12.8. The zero-order valence-electron chi connectivity index (χ0n) is 14.5. The quantitative estimate of drug-likeness (QED) is 0.210. The Bertz CT molecular complexity index is 1320. The van der Waals surface area contributed by atoms with Gasteiger partial charge in [0, 0.05) is 34.3 Å². The lowest BCUT2D eigenvalue weighted by Gasteiger charge is -2.00. The fourth-order valence-corrected chi connectivity index (χ4v) is 3.54. The Balaban J connectivity index is 1.61. The third-order valence-electron chi connectivity index (χ3n) is 3.97. The van der Waals surface area contributed by atoms with Gasteiger partial charge in [-0.2, -0.15) is 5.10 Å². The molecule has 0 atom stereocenters. The molecule has 0 aliphatic carbocycles. The number of aromatic nitrogens is 1. The molecule has 0 unspecified atom stereocenters. The van der Waals surface area contributed by atoms with Gasteiger partial charge in [-0.05, 0) is 18.2 Å². The molecule has 1 N–H and O–H groups in total. The van der Waals surface area contributed by atoms with Gasteiger partial charge in [0.05, 0.1) is 21.6 Å². The molecule has 29 heavy (non-hydrogen) atoms. The minimum absolute atomic E-state index is 0.0853. The summed E-state index contributed by atoms with van der Waals surface area (Å²) in [5, 5.41) is 16.5. The third kappa shape index (κ3) is 4.00. The Morgan fingerprint density at radius 2 is 2.07 bits per heavy atom. The van der Waals surface area contributed by atoms with Crippen molar-refractivity contribution in [2.45, 2.75) is 0 Å². The molecule has 8 nitrogen and oxygen atoms in total. The van der Waals surface area contributed by atoms with Crippen LogP contribution in [0.2, 0.25) is 5.02 Å². The van der Waals surface area contributed by atoms with Gasteiger partial charge in [-0.3, -0.25) is 15.5 Å². The Morgan fingerprint density at radius 3 is 2.86 bits per heavy atom. The molecule has 10 heteroatoms. The van der Waals surface area contributed by atoms with Crippen LogP contribution in [-0.2, 0) is 0 Å². The van der Waals surface area contributed by atoms with E-state index < -0.39 is 10.5 Å². The minimum Gasteiger partial charge on any atom is -0.422 e. The predicted molar refractivity (Wildman–Crippen MR) is 113 cm³/mol. The number of nitro benzene ring substituents is 1. The number of hydrogen-bond acceptors (Lipinski definition) is 8. The minimum atomic E-state index is -0.555. The molecular weight excluding hydrogens is 416 g/mol. The summed E-state index contributed by atoms with van der Waals surface area (Å²) in [7, 11) is 0. The lowest BCUT2D eigenvalue weighted by Crippen LogP contribution is -2.01. The summed E-state index contributed by atoms with van der Waals surface area (Å²) in [5.74, 6) is 0. The van der Waals surface area contributed by atoms with Crippen LogP contribution in [0.4, 0.5) is 10.8 Å². The highest BCUT2D eigenvalue weighted by Gasteiger charge is 2.14. The molecule has 2 heterocycles. The Kier molecular flexibility index (Phi) is 5.07. The number of halogens is 1. The van der Waals surface area contributed by atoms with Crippen molar-refractivity contribution < 1.29 is 9.34 Å². The first kappa shape index (κ1) is 18.8. The number of nitrogens with one attached hydrogen (secondary N) is 1. The molecule has 4 aromatic rings. The highest BCUT2D eigenvalue weighted by atomic mass is 35.5. The molecule has 0 amide bonds. The lowest BCUT2D eigenvalue weighted by molar-refractivity contribution is -0.384. The highest BCUT2D eigenvalue weighted by molar-refractivity contribution is 7.18. The summed E-state index contributed by atoms with van der Waals surface area (Å²) in [6.07, 6.45) is 3.07. The largest absolute Gasteiger partial charge is 0.422 e. The van der Waals surface area contributed by atoms with Gasteiger partial charge in [0.25, 0.3) is 5.69 Å². The number of thiazole rings is 1. The number of fused-ring (bicyclic) bond motifs is 1. The monoisotopic (exact) mass is 426 g/mol. The van der Waals surface area contributed by atoms with Crippen molar-refractivity contribution in [2.24, 2.45) is 5.10 Å². The lowest BCUT2D eigenvalue weighted by atomic mass is 10.1. The predicted octanol–water partition coefficient (Wildman–Crippen LogP) is 4.92. The van der Waals surface area contributed by atoms with E-state index in [4.69, 9.17) is 16.0 Å². The Labute approximate surface area is 172 Å². The smallest absolute Gasteiger partial charge is 0.345 e. The van der Waals surface area contributed by atoms with Crippen molar-refractivity contribution in [3.05, 3.63) is 85.8 Å². The van der Waals surface area contributed by atoms with Gasteiger partial charge in [0.2, 0.25) is 5.13 Å².